The topological polar surface area (TPSA) is 80.4 Å². The summed E-state index contributed by atoms with van der Waals surface area (Å²) in [5, 5.41) is 0. The maximum absolute atomic E-state index is 11.2. The van der Waals surface area contributed by atoms with E-state index in [4.69, 9.17) is 10.3 Å². The van der Waals surface area contributed by atoms with Crippen LogP contribution >= 0.6 is 0 Å². The molecule has 132 valence electrons. The van der Waals surface area contributed by atoms with Crippen LogP contribution in [-0.2, 0) is 16.5 Å². The lowest BCUT2D eigenvalue weighted by Gasteiger charge is -2.07. The molecule has 0 spiro atoms. The van der Waals surface area contributed by atoms with Crippen molar-refractivity contribution in [3.63, 3.8) is 0 Å². The second-order valence-corrected chi connectivity index (χ2v) is 7.67. The molecular weight excluding hydrogens is 310 g/mol. The Morgan fingerprint density at radius 2 is 1.43 bits per heavy atom. The molecule has 1 rings (SSSR count). The van der Waals surface area contributed by atoms with E-state index in [2.05, 4.69) is 6.92 Å². The average molecular weight is 342 g/mol. The summed E-state index contributed by atoms with van der Waals surface area (Å²) < 4.78 is 31.6. The van der Waals surface area contributed by atoms with Crippen LogP contribution in [0.25, 0.3) is 0 Å². The molecule has 0 atom stereocenters. The Balaban J connectivity index is 2.19. The number of hydrogen-bond acceptors (Lipinski definition) is 3. The molecular formula is C18H31NO3S. The smallest absolute Gasteiger partial charge is 0.296 e. The van der Waals surface area contributed by atoms with E-state index in [0.29, 0.717) is 0 Å². The quantitative estimate of drug-likeness (QED) is 0.319. The van der Waals surface area contributed by atoms with Crippen LogP contribution in [0.3, 0.4) is 0 Å². The van der Waals surface area contributed by atoms with Gasteiger partial charge in [-0.2, -0.15) is 8.42 Å². The van der Waals surface area contributed by atoms with Crippen molar-refractivity contribution in [1.82, 2.24) is 0 Å². The molecule has 0 bridgehead atoms. The largest absolute Gasteiger partial charge is 0.398 e. The maximum Gasteiger partial charge on any atom is 0.296 e. The zero-order valence-electron chi connectivity index (χ0n) is 14.3. The van der Waals surface area contributed by atoms with E-state index in [1.165, 1.54) is 57.4 Å². The van der Waals surface area contributed by atoms with Gasteiger partial charge in [-0.25, -0.2) is 0 Å². The Bertz CT molecular complexity index is 555. The standard InChI is InChI=1S/C18H31NO3S/c1-2-3-4-5-6-7-8-9-10-11-12-16-13-14-17(19)18(15-16)23(20,21)22/h13-15H,2-12,19H2,1H3,(H,20,21,22). The van der Waals surface area contributed by atoms with Crippen LogP contribution < -0.4 is 5.73 Å². The normalized spacial score (nSPS) is 11.7. The Labute approximate surface area is 141 Å². The Kier molecular flexibility index (Phi) is 9.26. The fourth-order valence-corrected chi connectivity index (χ4v) is 3.44. The van der Waals surface area contributed by atoms with E-state index >= 15 is 0 Å². The fourth-order valence-electron chi connectivity index (χ4n) is 2.77. The first-order valence-corrected chi connectivity index (χ1v) is 10.2. The van der Waals surface area contributed by atoms with Gasteiger partial charge in [-0.15, -0.1) is 0 Å². The fraction of sp³-hybridized carbons (Fsp3) is 0.667. The molecule has 5 heteroatoms. The van der Waals surface area contributed by atoms with E-state index in [1.807, 2.05) is 6.07 Å². The molecule has 0 radical (unpaired) electrons. The number of nitrogen functional groups attached to an aromatic ring is 1. The number of rotatable bonds is 12. The summed E-state index contributed by atoms with van der Waals surface area (Å²) >= 11 is 0. The average Bonchev–Trinajstić information content (AvgIpc) is 2.49. The van der Waals surface area contributed by atoms with Crippen molar-refractivity contribution in [1.29, 1.82) is 0 Å². The van der Waals surface area contributed by atoms with Gasteiger partial charge in [-0.3, -0.25) is 4.55 Å². The van der Waals surface area contributed by atoms with Gasteiger partial charge in [0.1, 0.15) is 4.90 Å². The van der Waals surface area contributed by atoms with Gasteiger partial charge in [0.2, 0.25) is 0 Å². The van der Waals surface area contributed by atoms with Crippen molar-refractivity contribution < 1.29 is 13.0 Å². The van der Waals surface area contributed by atoms with Crippen LogP contribution in [0, 0.1) is 0 Å². The Morgan fingerprint density at radius 3 is 1.96 bits per heavy atom. The lowest BCUT2D eigenvalue weighted by atomic mass is 10.0. The van der Waals surface area contributed by atoms with Gasteiger partial charge < -0.3 is 5.73 Å². The second-order valence-electron chi connectivity index (χ2n) is 6.28. The number of aryl methyl sites for hydroxylation is 1. The van der Waals surface area contributed by atoms with Crippen molar-refractivity contribution in [3.8, 4) is 0 Å². The lowest BCUT2D eigenvalue weighted by molar-refractivity contribution is 0.483. The number of hydrogen-bond donors (Lipinski definition) is 2. The van der Waals surface area contributed by atoms with Crippen LogP contribution in [0.1, 0.15) is 76.7 Å². The minimum atomic E-state index is -4.23. The molecule has 0 aliphatic heterocycles. The summed E-state index contributed by atoms with van der Waals surface area (Å²) in [4.78, 5) is -0.179. The van der Waals surface area contributed by atoms with Crippen molar-refractivity contribution in [2.24, 2.45) is 0 Å². The summed E-state index contributed by atoms with van der Waals surface area (Å²) in [7, 11) is -4.23. The van der Waals surface area contributed by atoms with Gasteiger partial charge >= 0.3 is 0 Å². The van der Waals surface area contributed by atoms with Gasteiger partial charge in [-0.1, -0.05) is 70.8 Å². The highest BCUT2D eigenvalue weighted by Gasteiger charge is 2.14. The molecule has 1 aromatic rings. The van der Waals surface area contributed by atoms with Crippen molar-refractivity contribution in [2.75, 3.05) is 5.73 Å². The van der Waals surface area contributed by atoms with Gasteiger partial charge in [0.25, 0.3) is 10.1 Å². The van der Waals surface area contributed by atoms with E-state index in [0.717, 1.165) is 24.8 Å². The molecule has 0 aromatic heterocycles. The zero-order chi connectivity index (χ0) is 17.1. The highest BCUT2D eigenvalue weighted by Crippen LogP contribution is 2.21. The molecule has 0 saturated carbocycles. The molecule has 23 heavy (non-hydrogen) atoms. The first kappa shape index (κ1) is 20.0. The van der Waals surface area contributed by atoms with Gasteiger partial charge in [0.05, 0.1) is 5.69 Å². The van der Waals surface area contributed by atoms with Crippen LogP contribution in [0.2, 0.25) is 0 Å². The zero-order valence-corrected chi connectivity index (χ0v) is 15.1. The minimum absolute atomic E-state index is 0.0966. The summed E-state index contributed by atoms with van der Waals surface area (Å²) in [5.41, 5.74) is 6.59. The van der Waals surface area contributed by atoms with E-state index in [-0.39, 0.29) is 10.6 Å². The highest BCUT2D eigenvalue weighted by molar-refractivity contribution is 7.86. The van der Waals surface area contributed by atoms with Crippen LogP contribution in [0.15, 0.2) is 23.1 Å². The number of unbranched alkanes of at least 4 members (excludes halogenated alkanes) is 9. The van der Waals surface area contributed by atoms with E-state index < -0.39 is 10.1 Å². The SMILES string of the molecule is CCCCCCCCCCCCc1ccc(N)c(S(=O)(=O)O)c1. The van der Waals surface area contributed by atoms with Crippen molar-refractivity contribution in [3.05, 3.63) is 23.8 Å². The molecule has 0 amide bonds. The van der Waals surface area contributed by atoms with E-state index in [9.17, 15) is 8.42 Å². The monoisotopic (exact) mass is 341 g/mol. The molecule has 0 unspecified atom stereocenters. The van der Waals surface area contributed by atoms with Crippen LogP contribution in [0.5, 0.6) is 0 Å². The molecule has 4 nitrogen and oxygen atoms in total. The summed E-state index contributed by atoms with van der Waals surface area (Å²) in [6.45, 7) is 2.24. The lowest BCUT2D eigenvalue weighted by Crippen LogP contribution is -2.04. The summed E-state index contributed by atoms with van der Waals surface area (Å²) in [6, 6.07) is 4.87. The summed E-state index contributed by atoms with van der Waals surface area (Å²) in [6.07, 6.45) is 13.6. The van der Waals surface area contributed by atoms with Gasteiger partial charge in [0.15, 0.2) is 0 Å². The first-order valence-electron chi connectivity index (χ1n) is 8.81. The highest BCUT2D eigenvalue weighted by atomic mass is 32.2. The molecule has 1 aromatic carbocycles. The van der Waals surface area contributed by atoms with Crippen molar-refractivity contribution in [2.45, 2.75) is 82.4 Å². The third-order valence-electron chi connectivity index (χ3n) is 4.17. The first-order chi connectivity index (χ1) is 10.9. The molecule has 0 heterocycles. The Morgan fingerprint density at radius 1 is 0.913 bits per heavy atom. The van der Waals surface area contributed by atoms with Gasteiger partial charge in [-0.05, 0) is 30.5 Å². The van der Waals surface area contributed by atoms with Crippen molar-refractivity contribution >= 4 is 15.8 Å². The van der Waals surface area contributed by atoms with Crippen LogP contribution in [-0.4, -0.2) is 13.0 Å². The third kappa shape index (κ3) is 8.37. The van der Waals surface area contributed by atoms with E-state index in [1.54, 1.807) is 6.07 Å². The molecule has 3 N–H and O–H groups in total. The molecule has 0 aliphatic carbocycles. The second kappa shape index (κ2) is 10.7. The van der Waals surface area contributed by atoms with Crippen LogP contribution in [0.4, 0.5) is 5.69 Å². The maximum atomic E-state index is 11.2. The minimum Gasteiger partial charge on any atom is -0.398 e. The molecule has 0 aliphatic rings. The number of benzene rings is 1. The molecule has 0 fully saturated rings. The van der Waals surface area contributed by atoms with Gasteiger partial charge in [0, 0.05) is 0 Å². The number of nitrogens with two attached hydrogens (primary N) is 1. The predicted molar refractivity (Wildman–Crippen MR) is 96.2 cm³/mol. The summed E-state index contributed by atoms with van der Waals surface area (Å²) in [5.74, 6) is 0. The number of anilines is 1. The predicted octanol–water partition coefficient (Wildman–Crippen LogP) is 4.98. The molecule has 0 saturated heterocycles. The third-order valence-corrected chi connectivity index (χ3v) is 5.08. The Hall–Kier alpha value is -1.07.